The van der Waals surface area contributed by atoms with Crippen molar-refractivity contribution in [3.8, 4) is 0 Å². The Morgan fingerprint density at radius 3 is 2.40 bits per heavy atom. The highest BCUT2D eigenvalue weighted by molar-refractivity contribution is 4.69. The lowest BCUT2D eigenvalue weighted by Crippen LogP contribution is -2.15. The van der Waals surface area contributed by atoms with E-state index < -0.39 is 0 Å². The molecule has 0 bridgehead atoms. The summed E-state index contributed by atoms with van der Waals surface area (Å²) in [7, 11) is 0. The molecule has 0 aliphatic carbocycles. The van der Waals surface area contributed by atoms with Gasteiger partial charge in [-0.15, -0.1) is 0 Å². The molecule has 0 fully saturated rings. The molecular formula is C8H17NO. The van der Waals surface area contributed by atoms with Crippen molar-refractivity contribution in [3.05, 3.63) is 12.5 Å². The molecule has 0 rings (SSSR count). The van der Waals surface area contributed by atoms with E-state index in [2.05, 4.69) is 20.8 Å². The quantitative estimate of drug-likeness (QED) is 0.610. The van der Waals surface area contributed by atoms with Gasteiger partial charge in [-0.25, -0.2) is 0 Å². The first kappa shape index (κ1) is 9.34. The van der Waals surface area contributed by atoms with Crippen LogP contribution in [0.15, 0.2) is 12.5 Å². The lowest BCUT2D eigenvalue weighted by Gasteiger charge is -2.17. The first-order valence-corrected chi connectivity index (χ1v) is 3.74. The van der Waals surface area contributed by atoms with E-state index in [1.54, 1.807) is 6.26 Å². The van der Waals surface area contributed by atoms with Gasteiger partial charge in [0.1, 0.15) is 0 Å². The molecule has 0 aliphatic heterocycles. The van der Waals surface area contributed by atoms with E-state index in [1.165, 1.54) is 6.20 Å². The van der Waals surface area contributed by atoms with E-state index in [0.29, 0.717) is 12.0 Å². The van der Waals surface area contributed by atoms with Crippen LogP contribution in [0.25, 0.3) is 0 Å². The molecule has 0 radical (unpaired) electrons. The largest absolute Gasteiger partial charge is 0.496 e. The molecule has 0 aromatic carbocycles. The monoisotopic (exact) mass is 143 g/mol. The Balaban J connectivity index is 3.60. The minimum Gasteiger partial charge on any atom is -0.496 e. The summed E-state index contributed by atoms with van der Waals surface area (Å²) >= 11 is 0. The van der Waals surface area contributed by atoms with Crippen molar-refractivity contribution < 1.29 is 4.74 Å². The van der Waals surface area contributed by atoms with Crippen LogP contribution in [0.3, 0.4) is 0 Å². The molecule has 0 amide bonds. The summed E-state index contributed by atoms with van der Waals surface area (Å²) in [6.45, 7) is 6.38. The average Bonchev–Trinajstić information content (AvgIpc) is 1.89. The van der Waals surface area contributed by atoms with Crippen LogP contribution in [0.2, 0.25) is 0 Å². The number of nitrogens with two attached hydrogens (primary N) is 1. The van der Waals surface area contributed by atoms with Gasteiger partial charge < -0.3 is 10.5 Å². The second-order valence-corrected chi connectivity index (χ2v) is 2.66. The van der Waals surface area contributed by atoms with Crippen LogP contribution in [0.5, 0.6) is 0 Å². The molecule has 0 aromatic heterocycles. The topological polar surface area (TPSA) is 35.2 Å². The fourth-order valence-corrected chi connectivity index (χ4v) is 0.871. The van der Waals surface area contributed by atoms with E-state index >= 15 is 0 Å². The van der Waals surface area contributed by atoms with Crippen LogP contribution < -0.4 is 5.73 Å². The van der Waals surface area contributed by atoms with Crippen molar-refractivity contribution in [1.29, 1.82) is 0 Å². The highest BCUT2D eigenvalue weighted by atomic mass is 16.5. The van der Waals surface area contributed by atoms with Crippen molar-refractivity contribution in [2.45, 2.75) is 33.3 Å². The zero-order valence-electron chi connectivity index (χ0n) is 7.00. The summed E-state index contributed by atoms with van der Waals surface area (Å²) in [6, 6.07) is 0. The smallest absolute Gasteiger partial charge is 0.0999 e. The average molecular weight is 143 g/mol. The van der Waals surface area contributed by atoms with E-state index in [1.807, 2.05) is 0 Å². The molecular weight excluding hydrogens is 126 g/mol. The Labute approximate surface area is 63.1 Å². The molecule has 1 unspecified atom stereocenters. The van der Waals surface area contributed by atoms with Gasteiger partial charge in [-0.3, -0.25) is 0 Å². The number of rotatable bonds is 4. The maximum absolute atomic E-state index is 5.30. The summed E-state index contributed by atoms with van der Waals surface area (Å²) in [5, 5.41) is 0. The third-order valence-corrected chi connectivity index (χ3v) is 1.48. The number of ether oxygens (including phenoxy) is 1. The maximum atomic E-state index is 5.30. The van der Waals surface area contributed by atoms with Gasteiger partial charge >= 0.3 is 0 Å². The van der Waals surface area contributed by atoms with Crippen molar-refractivity contribution in [2.75, 3.05) is 0 Å². The molecule has 10 heavy (non-hydrogen) atoms. The van der Waals surface area contributed by atoms with Crippen molar-refractivity contribution in [3.63, 3.8) is 0 Å². The van der Waals surface area contributed by atoms with Crippen LogP contribution in [0, 0.1) is 5.92 Å². The Bertz CT molecular complexity index is 99.4. The van der Waals surface area contributed by atoms with Crippen LogP contribution in [-0.2, 0) is 4.74 Å². The molecule has 0 saturated carbocycles. The Morgan fingerprint density at radius 2 is 2.10 bits per heavy atom. The van der Waals surface area contributed by atoms with E-state index in [-0.39, 0.29) is 0 Å². The SMILES string of the molecule is CCC(O/C=C\N)C(C)C. The zero-order valence-corrected chi connectivity index (χ0v) is 7.00. The molecule has 0 aliphatic rings. The molecule has 0 heterocycles. The first-order valence-electron chi connectivity index (χ1n) is 3.74. The highest BCUT2D eigenvalue weighted by Gasteiger charge is 2.09. The predicted molar refractivity (Wildman–Crippen MR) is 43.3 cm³/mol. The molecule has 2 nitrogen and oxygen atoms in total. The van der Waals surface area contributed by atoms with E-state index in [0.717, 1.165) is 6.42 Å². The Kier molecular flexibility index (Phi) is 4.81. The summed E-state index contributed by atoms with van der Waals surface area (Å²) in [4.78, 5) is 0. The van der Waals surface area contributed by atoms with Crippen LogP contribution in [-0.4, -0.2) is 6.10 Å². The van der Waals surface area contributed by atoms with Gasteiger partial charge in [0.2, 0.25) is 0 Å². The molecule has 0 aromatic rings. The van der Waals surface area contributed by atoms with Gasteiger partial charge in [-0.05, 0) is 12.3 Å². The molecule has 1 atom stereocenters. The molecule has 0 spiro atoms. The van der Waals surface area contributed by atoms with Gasteiger partial charge in [0.15, 0.2) is 0 Å². The van der Waals surface area contributed by atoms with Crippen LogP contribution in [0.1, 0.15) is 27.2 Å². The standard InChI is InChI=1S/C8H17NO/c1-4-8(7(2)3)10-6-5-9/h5-8H,4,9H2,1-3H3/b6-5-. The second kappa shape index (κ2) is 5.15. The van der Waals surface area contributed by atoms with E-state index in [4.69, 9.17) is 10.5 Å². The van der Waals surface area contributed by atoms with Gasteiger partial charge in [-0.2, -0.15) is 0 Å². The number of hydrogen-bond acceptors (Lipinski definition) is 2. The predicted octanol–water partition coefficient (Wildman–Crippen LogP) is 1.87. The summed E-state index contributed by atoms with van der Waals surface area (Å²) in [6.07, 6.45) is 4.31. The number of hydrogen-bond donors (Lipinski definition) is 1. The molecule has 60 valence electrons. The Morgan fingerprint density at radius 1 is 1.50 bits per heavy atom. The lowest BCUT2D eigenvalue weighted by atomic mass is 10.1. The van der Waals surface area contributed by atoms with Crippen LogP contribution in [0.4, 0.5) is 0 Å². The fraction of sp³-hybridized carbons (Fsp3) is 0.750. The van der Waals surface area contributed by atoms with Crippen LogP contribution >= 0.6 is 0 Å². The van der Waals surface area contributed by atoms with Gasteiger partial charge in [-0.1, -0.05) is 20.8 Å². The Hall–Kier alpha value is -0.660. The van der Waals surface area contributed by atoms with Gasteiger partial charge in [0.25, 0.3) is 0 Å². The maximum Gasteiger partial charge on any atom is 0.0999 e. The summed E-state index contributed by atoms with van der Waals surface area (Å²) < 4.78 is 5.30. The fourth-order valence-electron chi connectivity index (χ4n) is 0.871. The van der Waals surface area contributed by atoms with Crippen molar-refractivity contribution >= 4 is 0 Å². The summed E-state index contributed by atoms with van der Waals surface area (Å²) in [5.41, 5.74) is 5.13. The van der Waals surface area contributed by atoms with E-state index in [9.17, 15) is 0 Å². The molecule has 2 heteroatoms. The van der Waals surface area contributed by atoms with Gasteiger partial charge in [0, 0.05) is 6.20 Å². The minimum absolute atomic E-state index is 0.305. The van der Waals surface area contributed by atoms with Crippen molar-refractivity contribution in [1.82, 2.24) is 0 Å². The first-order chi connectivity index (χ1) is 4.72. The summed E-state index contributed by atoms with van der Waals surface area (Å²) in [5.74, 6) is 0.557. The minimum atomic E-state index is 0.305. The molecule has 0 saturated heterocycles. The zero-order chi connectivity index (χ0) is 7.98. The highest BCUT2D eigenvalue weighted by Crippen LogP contribution is 2.09. The normalized spacial score (nSPS) is 14.4. The van der Waals surface area contributed by atoms with Crippen molar-refractivity contribution in [2.24, 2.45) is 11.7 Å². The molecule has 2 N–H and O–H groups in total. The third-order valence-electron chi connectivity index (χ3n) is 1.48. The third kappa shape index (κ3) is 3.38. The second-order valence-electron chi connectivity index (χ2n) is 2.66. The van der Waals surface area contributed by atoms with Gasteiger partial charge in [0.05, 0.1) is 12.4 Å². The lowest BCUT2D eigenvalue weighted by molar-refractivity contribution is 0.0970.